The number of anilines is 1. The van der Waals surface area contributed by atoms with Gasteiger partial charge in [-0.15, -0.1) is 0 Å². The van der Waals surface area contributed by atoms with Crippen LogP contribution in [0.2, 0.25) is 5.02 Å². The van der Waals surface area contributed by atoms with E-state index in [1.54, 1.807) is 25.1 Å². The molecule has 0 saturated heterocycles. The van der Waals surface area contributed by atoms with E-state index in [1.165, 1.54) is 32.2 Å². The lowest BCUT2D eigenvalue weighted by molar-refractivity contribution is -0.123. The maximum atomic E-state index is 13.8. The number of hydrogen-bond acceptors (Lipinski definition) is 5. The van der Waals surface area contributed by atoms with Gasteiger partial charge in [-0.25, -0.2) is 9.18 Å². The van der Waals surface area contributed by atoms with Crippen molar-refractivity contribution < 1.29 is 27.9 Å². The van der Waals surface area contributed by atoms with Crippen LogP contribution in [0.15, 0.2) is 40.8 Å². The Balaban J connectivity index is 1.76. The molecule has 1 atom stereocenters. The number of benzene rings is 2. The van der Waals surface area contributed by atoms with Crippen molar-refractivity contribution in [2.75, 3.05) is 12.4 Å². The van der Waals surface area contributed by atoms with Crippen LogP contribution in [0.4, 0.5) is 10.1 Å². The summed E-state index contributed by atoms with van der Waals surface area (Å²) in [7, 11) is 1.45. The summed E-state index contributed by atoms with van der Waals surface area (Å²) in [4.78, 5) is 24.8. The summed E-state index contributed by atoms with van der Waals surface area (Å²) in [6, 6.07) is 9.11. The fourth-order valence-electron chi connectivity index (χ4n) is 2.68. The molecule has 1 N–H and O–H groups in total. The molecular weight excluding hydrogens is 389 g/mol. The molecule has 8 heteroatoms. The Morgan fingerprint density at radius 1 is 1.25 bits per heavy atom. The van der Waals surface area contributed by atoms with Crippen molar-refractivity contribution in [3.63, 3.8) is 0 Å². The van der Waals surface area contributed by atoms with Crippen LogP contribution in [0, 0.1) is 12.7 Å². The third-order valence-corrected chi connectivity index (χ3v) is 4.41. The molecule has 0 radical (unpaired) electrons. The predicted molar refractivity (Wildman–Crippen MR) is 102 cm³/mol. The zero-order chi connectivity index (χ0) is 20.4. The number of para-hydroxylation sites is 1. The summed E-state index contributed by atoms with van der Waals surface area (Å²) in [5, 5.41) is 3.46. The lowest BCUT2D eigenvalue weighted by Gasteiger charge is -2.15. The first kappa shape index (κ1) is 19.7. The number of halogens is 2. The Morgan fingerprint density at radius 2 is 2.00 bits per heavy atom. The van der Waals surface area contributed by atoms with Crippen molar-refractivity contribution in [2.45, 2.75) is 20.0 Å². The molecule has 28 heavy (non-hydrogen) atoms. The van der Waals surface area contributed by atoms with Crippen LogP contribution in [0.5, 0.6) is 5.75 Å². The highest BCUT2D eigenvalue weighted by Gasteiger charge is 2.25. The highest BCUT2D eigenvalue weighted by Crippen LogP contribution is 2.29. The van der Waals surface area contributed by atoms with Gasteiger partial charge in [0, 0.05) is 16.0 Å². The van der Waals surface area contributed by atoms with Crippen LogP contribution >= 0.6 is 11.6 Å². The second kappa shape index (κ2) is 7.90. The van der Waals surface area contributed by atoms with Crippen LogP contribution in [-0.4, -0.2) is 25.1 Å². The summed E-state index contributed by atoms with van der Waals surface area (Å²) >= 11 is 5.93. The number of ether oxygens (including phenoxy) is 2. The third-order valence-electron chi connectivity index (χ3n) is 4.17. The van der Waals surface area contributed by atoms with Crippen molar-refractivity contribution in [1.82, 2.24) is 0 Å². The summed E-state index contributed by atoms with van der Waals surface area (Å²) in [5.41, 5.74) is 0.737. The lowest BCUT2D eigenvalue weighted by atomic mass is 10.1. The van der Waals surface area contributed by atoms with Gasteiger partial charge in [-0.2, -0.15) is 0 Å². The molecule has 1 amide bonds. The minimum atomic E-state index is -1.14. The number of furan rings is 1. The number of nitrogens with one attached hydrogen (secondary N) is 1. The minimum Gasteiger partial charge on any atom is -0.495 e. The Kier molecular flexibility index (Phi) is 5.56. The molecule has 0 aliphatic rings. The van der Waals surface area contributed by atoms with Gasteiger partial charge in [0.1, 0.15) is 5.75 Å². The van der Waals surface area contributed by atoms with E-state index in [0.717, 1.165) is 0 Å². The SMILES string of the molecule is COc1ccc(Cl)cc1NC(=O)C(C)OC(=O)c1oc2c(F)cccc2c1C. The van der Waals surface area contributed by atoms with E-state index in [1.807, 2.05) is 0 Å². The first-order chi connectivity index (χ1) is 13.3. The Morgan fingerprint density at radius 3 is 2.68 bits per heavy atom. The minimum absolute atomic E-state index is 0.0345. The number of carbonyl (C=O) groups is 2. The lowest BCUT2D eigenvalue weighted by Crippen LogP contribution is -2.30. The maximum Gasteiger partial charge on any atom is 0.375 e. The second-order valence-electron chi connectivity index (χ2n) is 6.05. The van der Waals surface area contributed by atoms with Gasteiger partial charge in [0.2, 0.25) is 5.76 Å². The molecule has 146 valence electrons. The van der Waals surface area contributed by atoms with Gasteiger partial charge >= 0.3 is 5.97 Å². The molecular formula is C20H17ClFNO5. The molecule has 3 aromatic rings. The van der Waals surface area contributed by atoms with Crippen molar-refractivity contribution in [2.24, 2.45) is 0 Å². The van der Waals surface area contributed by atoms with Crippen molar-refractivity contribution in [3.05, 3.63) is 58.6 Å². The largest absolute Gasteiger partial charge is 0.495 e. The molecule has 3 rings (SSSR count). The molecule has 2 aromatic carbocycles. The average molecular weight is 406 g/mol. The molecule has 1 heterocycles. The van der Waals surface area contributed by atoms with Gasteiger partial charge in [-0.05, 0) is 38.1 Å². The van der Waals surface area contributed by atoms with Gasteiger partial charge in [-0.3, -0.25) is 4.79 Å². The third kappa shape index (κ3) is 3.80. The molecule has 1 unspecified atom stereocenters. The maximum absolute atomic E-state index is 13.8. The summed E-state index contributed by atoms with van der Waals surface area (Å²) < 4.78 is 29.5. The monoisotopic (exact) mass is 405 g/mol. The molecule has 1 aromatic heterocycles. The van der Waals surface area contributed by atoms with E-state index in [2.05, 4.69) is 5.32 Å². The van der Waals surface area contributed by atoms with Gasteiger partial charge in [0.05, 0.1) is 12.8 Å². The van der Waals surface area contributed by atoms with Gasteiger partial charge in [0.25, 0.3) is 5.91 Å². The molecule has 0 spiro atoms. The number of rotatable bonds is 5. The van der Waals surface area contributed by atoms with Gasteiger partial charge in [0.15, 0.2) is 17.5 Å². The Labute approximate surface area is 165 Å². The van der Waals surface area contributed by atoms with E-state index in [9.17, 15) is 14.0 Å². The van der Waals surface area contributed by atoms with E-state index in [4.69, 9.17) is 25.5 Å². The number of aryl methyl sites for hydroxylation is 1. The van der Waals surface area contributed by atoms with Gasteiger partial charge in [-0.1, -0.05) is 23.7 Å². The van der Waals surface area contributed by atoms with Crippen LogP contribution in [0.1, 0.15) is 23.0 Å². The fourth-order valence-corrected chi connectivity index (χ4v) is 2.86. The van der Waals surface area contributed by atoms with Crippen molar-refractivity contribution in [3.8, 4) is 5.75 Å². The summed E-state index contributed by atoms with van der Waals surface area (Å²) in [6.07, 6.45) is -1.14. The number of amides is 1. The van der Waals surface area contributed by atoms with Crippen LogP contribution in [-0.2, 0) is 9.53 Å². The predicted octanol–water partition coefficient (Wildman–Crippen LogP) is 4.73. The average Bonchev–Trinajstić information content (AvgIpc) is 3.00. The zero-order valence-corrected chi connectivity index (χ0v) is 16.1. The standard InChI is InChI=1S/C20H17ClFNO5/c1-10-13-5-4-6-14(22)18(13)28-17(10)20(25)27-11(2)19(24)23-15-9-12(21)7-8-16(15)26-3/h4-9,11H,1-3H3,(H,23,24). The zero-order valence-electron chi connectivity index (χ0n) is 15.3. The number of fused-ring (bicyclic) bond motifs is 1. The second-order valence-corrected chi connectivity index (χ2v) is 6.49. The van der Waals surface area contributed by atoms with E-state index in [0.29, 0.717) is 27.4 Å². The number of hydrogen-bond donors (Lipinski definition) is 1. The topological polar surface area (TPSA) is 77.8 Å². The van der Waals surface area contributed by atoms with Crippen LogP contribution < -0.4 is 10.1 Å². The molecule has 6 nitrogen and oxygen atoms in total. The Bertz CT molecular complexity index is 1060. The number of carbonyl (C=O) groups excluding carboxylic acids is 2. The summed E-state index contributed by atoms with van der Waals surface area (Å²) in [5.74, 6) is -1.79. The smallest absolute Gasteiger partial charge is 0.375 e. The quantitative estimate of drug-likeness (QED) is 0.621. The van der Waals surface area contributed by atoms with E-state index in [-0.39, 0.29) is 11.3 Å². The number of esters is 1. The first-order valence-corrected chi connectivity index (χ1v) is 8.72. The molecule has 0 saturated carbocycles. The normalized spacial score (nSPS) is 11.9. The molecule has 0 aliphatic carbocycles. The molecule has 0 aliphatic heterocycles. The van der Waals surface area contributed by atoms with Crippen LogP contribution in [0.25, 0.3) is 11.0 Å². The van der Waals surface area contributed by atoms with Crippen molar-refractivity contribution >= 4 is 40.1 Å². The van der Waals surface area contributed by atoms with E-state index >= 15 is 0 Å². The van der Waals surface area contributed by atoms with Crippen LogP contribution in [0.3, 0.4) is 0 Å². The van der Waals surface area contributed by atoms with E-state index < -0.39 is 23.8 Å². The van der Waals surface area contributed by atoms with Gasteiger partial charge < -0.3 is 19.2 Å². The van der Waals surface area contributed by atoms with Crippen molar-refractivity contribution in [1.29, 1.82) is 0 Å². The highest BCUT2D eigenvalue weighted by molar-refractivity contribution is 6.31. The molecule has 0 bridgehead atoms. The summed E-state index contributed by atoms with van der Waals surface area (Å²) in [6.45, 7) is 3.02. The molecule has 0 fully saturated rings. The first-order valence-electron chi connectivity index (χ1n) is 8.34. The fraction of sp³-hybridized carbons (Fsp3) is 0.200. The highest BCUT2D eigenvalue weighted by atomic mass is 35.5. The number of methoxy groups -OCH3 is 1. The Hall–Kier alpha value is -3.06.